The van der Waals surface area contributed by atoms with Gasteiger partial charge in [-0.15, -0.1) is 39.5 Å². The van der Waals surface area contributed by atoms with Crippen LogP contribution in [-0.2, 0) is 16.8 Å². The maximum Gasteiger partial charge on any atom is 0.573 e. The van der Waals surface area contributed by atoms with Crippen LogP contribution < -0.4 is 14.2 Å². The number of hydrogen-bond acceptors (Lipinski definition) is 9. The highest BCUT2D eigenvalue weighted by Crippen LogP contribution is 2.44. The van der Waals surface area contributed by atoms with Gasteiger partial charge in [-0.2, -0.15) is 0 Å². The van der Waals surface area contributed by atoms with Crippen LogP contribution in [-0.4, -0.2) is 108 Å². The van der Waals surface area contributed by atoms with E-state index in [-0.39, 0.29) is 28.5 Å². The molecule has 0 saturated carbocycles. The van der Waals surface area contributed by atoms with Crippen LogP contribution in [0.4, 0.5) is 43.9 Å². The summed E-state index contributed by atoms with van der Waals surface area (Å²) in [6.07, 6.45) is -11.3. The van der Waals surface area contributed by atoms with Crippen molar-refractivity contribution in [2.24, 2.45) is 0 Å². The van der Waals surface area contributed by atoms with E-state index in [9.17, 15) is 59.2 Å². The molecular formula is C43H53Cl2F10N3O6. The van der Waals surface area contributed by atoms with E-state index in [0.29, 0.717) is 76.1 Å². The zero-order valence-electron chi connectivity index (χ0n) is 35.5. The molecule has 3 N–H and O–H groups in total. The molecule has 3 aromatic carbocycles. The minimum absolute atomic E-state index is 0.139. The number of piperidine rings is 3. The van der Waals surface area contributed by atoms with E-state index in [1.54, 1.807) is 12.1 Å². The van der Waals surface area contributed by atoms with Gasteiger partial charge in [-0.25, -0.2) is 4.39 Å². The summed E-state index contributed by atoms with van der Waals surface area (Å²) < 4.78 is 137. The van der Waals surface area contributed by atoms with Crippen LogP contribution in [0, 0.1) is 5.82 Å². The zero-order chi connectivity index (χ0) is 47.7. The molecule has 0 radical (unpaired) electrons. The summed E-state index contributed by atoms with van der Waals surface area (Å²) in [5.74, 6) is -3.02. The molecule has 0 spiro atoms. The lowest BCUT2D eigenvalue weighted by Crippen LogP contribution is -2.43. The second kappa shape index (κ2) is 22.0. The Hall–Kier alpha value is -3.30. The predicted octanol–water partition coefficient (Wildman–Crippen LogP) is 10.5. The van der Waals surface area contributed by atoms with Crippen molar-refractivity contribution in [1.82, 2.24) is 14.7 Å². The Morgan fingerprint density at radius 2 is 0.797 bits per heavy atom. The van der Waals surface area contributed by atoms with E-state index in [2.05, 4.69) is 35.8 Å². The SMILES string of the molecule is CCCN1CCC(O)(c2cccc(OC(F)(F)F)c2Cl)CC1.CCN1CCC(O)(c2cccc(OC(F)(F)F)c2Cl)CC1.CCN1CCC(O)(c2cccc(OC(F)(F)F)c2F)CC1. The van der Waals surface area contributed by atoms with Gasteiger partial charge in [0.15, 0.2) is 11.6 Å². The maximum absolute atomic E-state index is 14.2. The maximum atomic E-state index is 14.2. The van der Waals surface area contributed by atoms with Crippen molar-refractivity contribution in [2.45, 2.75) is 102 Å². The summed E-state index contributed by atoms with van der Waals surface area (Å²) in [5.41, 5.74) is -3.44. The molecule has 3 fully saturated rings. The Morgan fingerprint density at radius 3 is 1.12 bits per heavy atom. The first-order valence-electron chi connectivity index (χ1n) is 20.7. The lowest BCUT2D eigenvalue weighted by molar-refractivity contribution is -0.276. The summed E-state index contributed by atoms with van der Waals surface area (Å²) >= 11 is 12.0. The van der Waals surface area contributed by atoms with Crippen molar-refractivity contribution in [2.75, 3.05) is 58.9 Å². The highest BCUT2D eigenvalue weighted by atomic mass is 35.5. The third-order valence-corrected chi connectivity index (χ3v) is 12.3. The summed E-state index contributed by atoms with van der Waals surface area (Å²) in [6, 6.07) is 11.7. The number of nitrogens with zero attached hydrogens (tertiary/aromatic N) is 3. The molecule has 360 valence electrons. The number of likely N-dealkylation sites (tertiary alicyclic amines) is 3. The van der Waals surface area contributed by atoms with E-state index >= 15 is 0 Å². The lowest BCUT2D eigenvalue weighted by atomic mass is 9.84. The quantitative estimate of drug-likeness (QED) is 0.172. The lowest BCUT2D eigenvalue weighted by Gasteiger charge is -2.39. The number of benzene rings is 3. The molecule has 3 heterocycles. The summed E-state index contributed by atoms with van der Waals surface area (Å²) in [6.45, 7) is 12.6. The molecular weight excluding hydrogens is 915 g/mol. The molecule has 0 aliphatic carbocycles. The molecule has 0 unspecified atom stereocenters. The monoisotopic (exact) mass is 967 g/mol. The second-order valence-electron chi connectivity index (χ2n) is 15.8. The van der Waals surface area contributed by atoms with Gasteiger partial charge in [0.1, 0.15) is 11.5 Å². The van der Waals surface area contributed by atoms with Crippen LogP contribution in [0.5, 0.6) is 17.2 Å². The van der Waals surface area contributed by atoms with Gasteiger partial charge >= 0.3 is 19.1 Å². The van der Waals surface area contributed by atoms with Crippen LogP contribution in [0.1, 0.15) is 82.4 Å². The molecule has 0 aromatic heterocycles. The first-order chi connectivity index (χ1) is 29.7. The minimum atomic E-state index is -4.96. The fourth-order valence-corrected chi connectivity index (χ4v) is 8.65. The van der Waals surface area contributed by atoms with Gasteiger partial charge in [0.05, 0.1) is 26.8 Å². The van der Waals surface area contributed by atoms with Gasteiger partial charge in [-0.1, -0.05) is 80.4 Å². The van der Waals surface area contributed by atoms with Crippen molar-refractivity contribution < 1.29 is 73.4 Å². The number of rotatable bonds is 10. The molecule has 0 bridgehead atoms. The van der Waals surface area contributed by atoms with E-state index in [4.69, 9.17) is 23.2 Å². The Kier molecular flexibility index (Phi) is 18.3. The van der Waals surface area contributed by atoms with Gasteiger partial charge in [0.2, 0.25) is 0 Å². The van der Waals surface area contributed by atoms with Crippen molar-refractivity contribution in [3.05, 3.63) is 87.2 Å². The average Bonchev–Trinajstić information content (AvgIpc) is 3.21. The normalized spacial score (nSPS) is 19.4. The Balaban J connectivity index is 0.000000210. The standard InChI is InChI=1S/C15H19ClF3NO2.C14H17ClF3NO2.C14H17F4NO2/c1-2-8-20-9-6-14(21,7-10-20)11-4-3-5-12(13(11)16)22-15(17,18)19;2*1-2-19-8-6-13(20,7-9-19)10-4-3-5-11(12(10)15)21-14(16,17)18/h3-5,21H,2,6-10H2,1H3;2*3-5,20H,2,6-9H2,1H3. The summed E-state index contributed by atoms with van der Waals surface area (Å²) in [7, 11) is 0. The van der Waals surface area contributed by atoms with E-state index in [1.807, 2.05) is 13.8 Å². The molecule has 3 aliphatic heterocycles. The molecule has 64 heavy (non-hydrogen) atoms. The van der Waals surface area contributed by atoms with Gasteiger partial charge in [-0.3, -0.25) is 0 Å². The second-order valence-corrected chi connectivity index (χ2v) is 16.6. The average molecular weight is 969 g/mol. The van der Waals surface area contributed by atoms with Gasteiger partial charge in [-0.05, 0) is 82.8 Å². The molecule has 0 atom stereocenters. The molecule has 3 aromatic rings. The molecule has 9 nitrogen and oxygen atoms in total. The van der Waals surface area contributed by atoms with E-state index < -0.39 is 59.0 Å². The fourth-order valence-electron chi connectivity index (χ4n) is 7.97. The third kappa shape index (κ3) is 14.9. The Labute approximate surface area is 375 Å². The van der Waals surface area contributed by atoms with Crippen LogP contribution >= 0.6 is 23.2 Å². The topological polar surface area (TPSA) is 98.1 Å². The minimum Gasteiger partial charge on any atom is -0.404 e. The first-order valence-corrected chi connectivity index (χ1v) is 21.5. The predicted molar refractivity (Wildman–Crippen MR) is 220 cm³/mol. The van der Waals surface area contributed by atoms with Crippen molar-refractivity contribution in [3.8, 4) is 17.2 Å². The van der Waals surface area contributed by atoms with Crippen molar-refractivity contribution in [3.63, 3.8) is 0 Å². The third-order valence-electron chi connectivity index (χ3n) is 11.6. The number of halogens is 12. The van der Waals surface area contributed by atoms with Crippen molar-refractivity contribution in [1.29, 1.82) is 0 Å². The number of alkyl halides is 9. The van der Waals surface area contributed by atoms with E-state index in [1.165, 1.54) is 24.3 Å². The summed E-state index contributed by atoms with van der Waals surface area (Å²) in [4.78, 5) is 6.47. The fraction of sp³-hybridized carbons (Fsp3) is 0.581. The highest BCUT2D eigenvalue weighted by molar-refractivity contribution is 6.33. The van der Waals surface area contributed by atoms with Crippen LogP contribution in [0.2, 0.25) is 10.0 Å². The van der Waals surface area contributed by atoms with Gasteiger partial charge in [0.25, 0.3) is 0 Å². The molecule has 3 aliphatic rings. The van der Waals surface area contributed by atoms with Crippen LogP contribution in [0.25, 0.3) is 0 Å². The Bertz CT molecular complexity index is 1860. The van der Waals surface area contributed by atoms with Crippen LogP contribution in [0.15, 0.2) is 54.6 Å². The smallest absolute Gasteiger partial charge is 0.404 e. The van der Waals surface area contributed by atoms with Gasteiger partial charge < -0.3 is 44.2 Å². The largest absolute Gasteiger partial charge is 0.573 e. The van der Waals surface area contributed by atoms with Crippen molar-refractivity contribution >= 4 is 23.2 Å². The number of aliphatic hydroxyl groups is 3. The highest BCUT2D eigenvalue weighted by Gasteiger charge is 2.41. The van der Waals surface area contributed by atoms with E-state index in [0.717, 1.165) is 44.3 Å². The Morgan fingerprint density at radius 1 is 0.500 bits per heavy atom. The number of hydrogen-bond donors (Lipinski definition) is 3. The molecule has 6 rings (SSSR count). The molecule has 21 heteroatoms. The number of ether oxygens (including phenoxy) is 3. The molecule has 0 amide bonds. The summed E-state index contributed by atoms with van der Waals surface area (Å²) in [5, 5.41) is 31.7. The first kappa shape index (κ1) is 53.3. The zero-order valence-corrected chi connectivity index (χ0v) is 37.0. The van der Waals surface area contributed by atoms with Gasteiger partial charge in [0, 0.05) is 56.0 Å². The molecule has 3 saturated heterocycles. The van der Waals surface area contributed by atoms with Crippen LogP contribution in [0.3, 0.4) is 0 Å².